The first-order valence-corrected chi connectivity index (χ1v) is 7.05. The lowest BCUT2D eigenvalue weighted by atomic mass is 10.1. The number of aromatic nitrogens is 1. The van der Waals surface area contributed by atoms with Crippen LogP contribution in [0, 0.1) is 5.92 Å². The van der Waals surface area contributed by atoms with E-state index in [2.05, 4.69) is 21.0 Å². The molecule has 1 atom stereocenters. The molecule has 1 aliphatic rings. The predicted octanol–water partition coefficient (Wildman–Crippen LogP) is 2.20. The summed E-state index contributed by atoms with van der Waals surface area (Å²) in [6, 6.07) is 0. The van der Waals surface area contributed by atoms with Gasteiger partial charge in [0.05, 0.1) is 5.69 Å². The summed E-state index contributed by atoms with van der Waals surface area (Å²) in [5.41, 5.74) is 1.14. The Morgan fingerprint density at radius 1 is 1.65 bits per heavy atom. The molecule has 1 aliphatic carbocycles. The van der Waals surface area contributed by atoms with E-state index < -0.39 is 0 Å². The van der Waals surface area contributed by atoms with E-state index >= 15 is 0 Å². The molecule has 4 nitrogen and oxygen atoms in total. The van der Waals surface area contributed by atoms with Crippen LogP contribution in [0.25, 0.3) is 0 Å². The Kier molecular flexibility index (Phi) is 4.12. The van der Waals surface area contributed by atoms with Crippen LogP contribution in [0.2, 0.25) is 0 Å². The molecule has 1 amide bonds. The Balaban J connectivity index is 1.83. The van der Waals surface area contributed by atoms with Gasteiger partial charge in [0, 0.05) is 23.8 Å². The topological polar surface area (TPSA) is 54.0 Å². The van der Waals surface area contributed by atoms with Crippen LogP contribution in [0.15, 0.2) is 5.38 Å². The molecule has 0 radical (unpaired) electrons. The van der Waals surface area contributed by atoms with Gasteiger partial charge in [-0.25, -0.2) is 4.98 Å². The molecule has 0 aliphatic heterocycles. The number of nitrogens with zero attached hydrogens (tertiary/aromatic N) is 1. The lowest BCUT2D eigenvalue weighted by molar-refractivity contribution is -0.119. The van der Waals surface area contributed by atoms with Crippen molar-refractivity contribution in [1.82, 2.24) is 10.3 Å². The molecule has 1 unspecified atom stereocenters. The van der Waals surface area contributed by atoms with Crippen molar-refractivity contribution >= 4 is 22.4 Å². The highest BCUT2D eigenvalue weighted by molar-refractivity contribution is 7.13. The lowest BCUT2D eigenvalue weighted by Crippen LogP contribution is -2.30. The van der Waals surface area contributed by atoms with Crippen molar-refractivity contribution in [2.75, 3.05) is 18.4 Å². The van der Waals surface area contributed by atoms with Crippen molar-refractivity contribution in [3.8, 4) is 0 Å². The van der Waals surface area contributed by atoms with Gasteiger partial charge in [0.25, 0.3) is 0 Å². The Labute approximate surface area is 106 Å². The number of nitrogens with one attached hydrogen (secondary N) is 2. The maximum Gasteiger partial charge on any atom is 0.230 e. The van der Waals surface area contributed by atoms with Crippen LogP contribution in [-0.2, 0) is 4.79 Å². The van der Waals surface area contributed by atoms with E-state index in [1.807, 2.05) is 13.8 Å². The first kappa shape index (κ1) is 12.5. The second-order valence-corrected chi connectivity index (χ2v) is 5.41. The van der Waals surface area contributed by atoms with Gasteiger partial charge in [0.15, 0.2) is 5.13 Å². The van der Waals surface area contributed by atoms with Crippen molar-refractivity contribution < 1.29 is 4.79 Å². The summed E-state index contributed by atoms with van der Waals surface area (Å²) >= 11 is 1.52. The molecular weight excluding hydrogens is 234 g/mol. The number of anilines is 1. The second-order valence-electron chi connectivity index (χ2n) is 4.55. The number of hydrogen-bond donors (Lipinski definition) is 2. The first-order valence-electron chi connectivity index (χ1n) is 6.17. The van der Waals surface area contributed by atoms with Gasteiger partial charge in [0.1, 0.15) is 0 Å². The highest BCUT2D eigenvalue weighted by Crippen LogP contribution is 2.40. The van der Waals surface area contributed by atoms with Crippen LogP contribution in [0.4, 0.5) is 5.13 Å². The van der Waals surface area contributed by atoms with Gasteiger partial charge >= 0.3 is 0 Å². The molecule has 0 saturated heterocycles. The van der Waals surface area contributed by atoms with Crippen LogP contribution in [0.1, 0.15) is 38.3 Å². The van der Waals surface area contributed by atoms with Gasteiger partial charge in [-0.1, -0.05) is 13.8 Å². The third kappa shape index (κ3) is 3.51. The fraction of sp³-hybridized carbons (Fsp3) is 0.667. The van der Waals surface area contributed by atoms with Crippen molar-refractivity contribution in [3.05, 3.63) is 11.1 Å². The highest BCUT2D eigenvalue weighted by Gasteiger charge is 2.26. The number of hydrogen-bond acceptors (Lipinski definition) is 4. The maximum absolute atomic E-state index is 11.8. The van der Waals surface area contributed by atoms with E-state index in [-0.39, 0.29) is 11.8 Å². The molecule has 0 spiro atoms. The third-order valence-corrected chi connectivity index (χ3v) is 3.67. The highest BCUT2D eigenvalue weighted by atomic mass is 32.1. The van der Waals surface area contributed by atoms with Crippen molar-refractivity contribution in [3.63, 3.8) is 0 Å². The van der Waals surface area contributed by atoms with E-state index in [4.69, 9.17) is 0 Å². The average molecular weight is 253 g/mol. The van der Waals surface area contributed by atoms with Gasteiger partial charge in [-0.3, -0.25) is 4.79 Å². The predicted molar refractivity (Wildman–Crippen MR) is 70.4 cm³/mol. The number of carbonyl (C=O) groups is 1. The van der Waals surface area contributed by atoms with Crippen molar-refractivity contribution in [2.24, 2.45) is 5.92 Å². The van der Waals surface area contributed by atoms with Crippen molar-refractivity contribution in [2.45, 2.75) is 32.6 Å². The molecule has 1 heterocycles. The summed E-state index contributed by atoms with van der Waals surface area (Å²) in [6.07, 6.45) is 2.49. The number of thiazole rings is 1. The zero-order valence-corrected chi connectivity index (χ0v) is 11.1. The summed E-state index contributed by atoms with van der Waals surface area (Å²) in [4.78, 5) is 16.3. The fourth-order valence-corrected chi connectivity index (χ4v) is 2.39. The van der Waals surface area contributed by atoms with Gasteiger partial charge in [0.2, 0.25) is 5.91 Å². The Morgan fingerprint density at radius 3 is 3.06 bits per heavy atom. The Hall–Kier alpha value is -0.940. The minimum atomic E-state index is -0.0248. The van der Waals surface area contributed by atoms with E-state index in [0.29, 0.717) is 12.5 Å². The molecule has 0 aromatic carbocycles. The molecule has 2 rings (SSSR count). The second kappa shape index (κ2) is 5.60. The Bertz CT molecular complexity index is 387. The van der Waals surface area contributed by atoms with Crippen LogP contribution in [0.5, 0.6) is 0 Å². The SMILES string of the molecule is CCNCC(C)C(=O)Nc1nc(C2CC2)cs1. The normalized spacial score (nSPS) is 16.8. The van der Waals surface area contributed by atoms with Gasteiger partial charge in [-0.15, -0.1) is 11.3 Å². The summed E-state index contributed by atoms with van der Waals surface area (Å²) in [6.45, 7) is 5.56. The molecular formula is C12H19N3OS. The summed E-state index contributed by atoms with van der Waals surface area (Å²) in [5, 5.41) is 8.85. The van der Waals surface area contributed by atoms with Crippen molar-refractivity contribution in [1.29, 1.82) is 0 Å². The van der Waals surface area contributed by atoms with Crippen LogP contribution in [0.3, 0.4) is 0 Å². The standard InChI is InChI=1S/C12H19N3OS/c1-3-13-6-8(2)11(16)15-12-14-10(7-17-12)9-4-5-9/h7-9,13H,3-6H2,1-2H3,(H,14,15,16). The molecule has 1 fully saturated rings. The molecule has 2 N–H and O–H groups in total. The molecule has 1 aromatic rings. The Morgan fingerprint density at radius 2 is 2.41 bits per heavy atom. The summed E-state index contributed by atoms with van der Waals surface area (Å²) in [7, 11) is 0. The van der Waals surface area contributed by atoms with Crippen LogP contribution >= 0.6 is 11.3 Å². The number of carbonyl (C=O) groups excluding carboxylic acids is 1. The molecule has 1 saturated carbocycles. The summed E-state index contributed by atoms with van der Waals surface area (Å²) < 4.78 is 0. The first-order chi connectivity index (χ1) is 8.20. The van der Waals surface area contributed by atoms with Gasteiger partial charge in [-0.2, -0.15) is 0 Å². The van der Waals surface area contributed by atoms with Crippen LogP contribution in [-0.4, -0.2) is 24.0 Å². The zero-order valence-electron chi connectivity index (χ0n) is 10.3. The lowest BCUT2D eigenvalue weighted by Gasteiger charge is -2.10. The third-order valence-electron chi connectivity index (χ3n) is 2.90. The fourth-order valence-electron chi connectivity index (χ4n) is 1.59. The van der Waals surface area contributed by atoms with E-state index in [9.17, 15) is 4.79 Å². The quantitative estimate of drug-likeness (QED) is 0.817. The minimum Gasteiger partial charge on any atom is -0.316 e. The smallest absolute Gasteiger partial charge is 0.230 e. The number of amides is 1. The van der Waals surface area contributed by atoms with Crippen LogP contribution < -0.4 is 10.6 Å². The van der Waals surface area contributed by atoms with E-state index in [1.54, 1.807) is 0 Å². The molecule has 17 heavy (non-hydrogen) atoms. The zero-order chi connectivity index (χ0) is 12.3. The molecule has 0 bridgehead atoms. The van der Waals surface area contributed by atoms with Gasteiger partial charge < -0.3 is 10.6 Å². The van der Waals surface area contributed by atoms with E-state index in [1.165, 1.54) is 24.2 Å². The molecule has 94 valence electrons. The summed E-state index contributed by atoms with van der Waals surface area (Å²) in [5.74, 6) is 0.668. The number of rotatable bonds is 6. The molecule has 1 aromatic heterocycles. The van der Waals surface area contributed by atoms with E-state index in [0.717, 1.165) is 17.4 Å². The average Bonchev–Trinajstić information content (AvgIpc) is 3.07. The largest absolute Gasteiger partial charge is 0.316 e. The van der Waals surface area contributed by atoms with Gasteiger partial charge in [-0.05, 0) is 19.4 Å². The molecule has 5 heteroatoms. The minimum absolute atomic E-state index is 0.0248. The monoisotopic (exact) mass is 253 g/mol. The maximum atomic E-state index is 11.8.